The summed E-state index contributed by atoms with van der Waals surface area (Å²) < 4.78 is 21.0. The van der Waals surface area contributed by atoms with Gasteiger partial charge in [0, 0.05) is 34.8 Å². The lowest BCUT2D eigenvalue weighted by Crippen LogP contribution is -2.29. The van der Waals surface area contributed by atoms with E-state index in [1.807, 2.05) is 84.5 Å². The van der Waals surface area contributed by atoms with Crippen molar-refractivity contribution in [3.8, 4) is 22.7 Å². The first-order chi connectivity index (χ1) is 22.4. The molecule has 2 unspecified atom stereocenters. The Labute approximate surface area is 264 Å². The van der Waals surface area contributed by atoms with Crippen LogP contribution < -0.4 is 10.6 Å². The molecule has 1 saturated carbocycles. The minimum Gasteiger partial charge on any atom is -0.436 e. The molecule has 2 aromatic heterocycles. The molecule has 2 N–H and O–H groups in total. The van der Waals surface area contributed by atoms with Gasteiger partial charge in [-0.05, 0) is 91.9 Å². The molecule has 46 heavy (non-hydrogen) atoms. The van der Waals surface area contributed by atoms with E-state index in [9.17, 15) is 14.0 Å². The largest absolute Gasteiger partial charge is 0.436 e. The van der Waals surface area contributed by atoms with Crippen LogP contribution in [0.2, 0.25) is 0 Å². The Bertz CT molecular complexity index is 2040. The maximum Gasteiger partial charge on any atom is 0.255 e. The van der Waals surface area contributed by atoms with Crippen molar-refractivity contribution in [1.82, 2.24) is 25.3 Å². The molecule has 0 radical (unpaired) electrons. The Morgan fingerprint density at radius 3 is 2.59 bits per heavy atom. The third-order valence-electron chi connectivity index (χ3n) is 8.48. The third-order valence-corrected chi connectivity index (χ3v) is 8.48. The highest BCUT2D eigenvalue weighted by Gasteiger charge is 2.31. The van der Waals surface area contributed by atoms with Gasteiger partial charge in [-0.3, -0.25) is 9.59 Å². The lowest BCUT2D eigenvalue weighted by molar-refractivity contribution is -0.125. The van der Waals surface area contributed by atoms with Crippen molar-refractivity contribution in [1.29, 1.82) is 0 Å². The molecule has 1 aliphatic rings. The Hall–Kier alpha value is -5.64. The molecule has 9 nitrogen and oxygen atoms in total. The number of anilines is 1. The van der Waals surface area contributed by atoms with Crippen LogP contribution in [0.15, 0.2) is 102 Å². The van der Waals surface area contributed by atoms with Crippen LogP contribution in [0, 0.1) is 18.7 Å². The van der Waals surface area contributed by atoms with Crippen molar-refractivity contribution in [2.24, 2.45) is 5.92 Å². The molecule has 2 heterocycles. The van der Waals surface area contributed by atoms with Crippen LogP contribution in [0.5, 0.6) is 0 Å². The van der Waals surface area contributed by atoms with Crippen LogP contribution in [0.4, 0.5) is 10.1 Å². The number of amides is 2. The second kappa shape index (κ2) is 12.4. The predicted molar refractivity (Wildman–Crippen MR) is 172 cm³/mol. The number of halogens is 1. The fourth-order valence-electron chi connectivity index (χ4n) is 5.90. The zero-order valence-corrected chi connectivity index (χ0v) is 25.1. The van der Waals surface area contributed by atoms with E-state index in [0.717, 1.165) is 35.2 Å². The summed E-state index contributed by atoms with van der Waals surface area (Å²) in [6.45, 7) is 2.28. The summed E-state index contributed by atoms with van der Waals surface area (Å²) in [5.74, 6) is -0.215. The summed E-state index contributed by atoms with van der Waals surface area (Å²) in [4.78, 5) is 30.6. The topological polar surface area (TPSA) is 115 Å². The second-order valence-corrected chi connectivity index (χ2v) is 11.6. The van der Waals surface area contributed by atoms with E-state index in [-0.39, 0.29) is 29.6 Å². The van der Waals surface area contributed by atoms with E-state index in [1.54, 1.807) is 12.1 Å². The van der Waals surface area contributed by atoms with Crippen LogP contribution in [-0.2, 0) is 11.3 Å². The van der Waals surface area contributed by atoms with Crippen LogP contribution in [-0.4, -0.2) is 31.8 Å². The summed E-state index contributed by atoms with van der Waals surface area (Å²) in [6, 6.07) is 26.7. The van der Waals surface area contributed by atoms with Crippen molar-refractivity contribution < 1.29 is 18.4 Å². The number of benzene rings is 4. The molecule has 10 heteroatoms. The number of rotatable bonds is 8. The lowest BCUT2D eigenvalue weighted by Gasteiger charge is -2.12. The number of para-hydroxylation sites is 1. The molecule has 0 saturated heterocycles. The van der Waals surface area contributed by atoms with Gasteiger partial charge in [0.15, 0.2) is 5.58 Å². The number of hydrogen-bond acceptors (Lipinski definition) is 6. The molecule has 7 rings (SSSR count). The number of carbonyl (C=O) groups excluding carboxylic acids is 2. The standard InChI is InChI=1S/C36H31FN6O3/c1-22-7-9-25(19-30(22)35(45)39-28-5-3-2-4-6-28)32-21-43(42-41-32)29-15-12-26(18-29)34(44)38-20-23-8-16-33-31(17-23)40-36(46-33)24-10-13-27(37)14-11-24/h2-11,13-14,16-17,19,21,26,29H,12,15,18,20H2,1H3,(H,38,44)(H,39,45). The number of oxazole rings is 1. The average Bonchev–Trinajstić information content (AvgIpc) is 3.84. The van der Waals surface area contributed by atoms with Gasteiger partial charge in [-0.2, -0.15) is 0 Å². The van der Waals surface area contributed by atoms with Crippen molar-refractivity contribution in [2.75, 3.05) is 5.32 Å². The van der Waals surface area contributed by atoms with Gasteiger partial charge in [-0.25, -0.2) is 14.1 Å². The fourth-order valence-corrected chi connectivity index (χ4v) is 5.90. The number of carbonyl (C=O) groups is 2. The second-order valence-electron chi connectivity index (χ2n) is 11.6. The van der Waals surface area contributed by atoms with Gasteiger partial charge in [-0.15, -0.1) is 5.10 Å². The Morgan fingerprint density at radius 1 is 0.957 bits per heavy atom. The minimum atomic E-state index is -0.319. The van der Waals surface area contributed by atoms with Crippen molar-refractivity contribution >= 4 is 28.6 Å². The van der Waals surface area contributed by atoms with Crippen LogP contribution in [0.3, 0.4) is 0 Å². The fraction of sp³-hybridized carbons (Fsp3) is 0.194. The van der Waals surface area contributed by atoms with Crippen LogP contribution in [0.25, 0.3) is 33.8 Å². The van der Waals surface area contributed by atoms with Gasteiger partial charge >= 0.3 is 0 Å². The zero-order valence-electron chi connectivity index (χ0n) is 25.1. The summed E-state index contributed by atoms with van der Waals surface area (Å²) >= 11 is 0. The maximum atomic E-state index is 13.3. The SMILES string of the molecule is Cc1ccc(-c2cn(C3CCC(C(=O)NCc4ccc5oc(-c6ccc(F)cc6)nc5c4)C3)nn2)cc1C(=O)Nc1ccccc1. The number of nitrogens with zero attached hydrogens (tertiary/aromatic N) is 4. The van der Waals surface area contributed by atoms with E-state index in [2.05, 4.69) is 25.9 Å². The first-order valence-electron chi connectivity index (χ1n) is 15.2. The molecular formula is C36H31FN6O3. The Balaban J connectivity index is 0.965. The zero-order chi connectivity index (χ0) is 31.6. The molecular weight excluding hydrogens is 583 g/mol. The van der Waals surface area contributed by atoms with Crippen LogP contribution in [0.1, 0.15) is 46.8 Å². The van der Waals surface area contributed by atoms with Crippen molar-refractivity contribution in [3.63, 3.8) is 0 Å². The monoisotopic (exact) mass is 614 g/mol. The molecule has 0 aliphatic heterocycles. The predicted octanol–water partition coefficient (Wildman–Crippen LogP) is 7.11. The average molecular weight is 615 g/mol. The summed E-state index contributed by atoms with van der Waals surface area (Å²) in [6.07, 6.45) is 4.12. The number of nitrogens with one attached hydrogen (secondary N) is 2. The summed E-state index contributed by atoms with van der Waals surface area (Å²) in [5.41, 5.74) is 6.54. The molecule has 1 fully saturated rings. The first kappa shape index (κ1) is 29.1. The van der Waals surface area contributed by atoms with Crippen LogP contribution >= 0.6 is 0 Å². The van der Waals surface area contributed by atoms with E-state index >= 15 is 0 Å². The smallest absolute Gasteiger partial charge is 0.255 e. The molecule has 0 bridgehead atoms. The van der Waals surface area contributed by atoms with Gasteiger partial charge in [-0.1, -0.05) is 41.6 Å². The van der Waals surface area contributed by atoms with E-state index in [1.165, 1.54) is 12.1 Å². The molecule has 2 amide bonds. The van der Waals surface area contributed by atoms with Gasteiger partial charge in [0.05, 0.1) is 12.2 Å². The van der Waals surface area contributed by atoms with Crippen molar-refractivity contribution in [3.05, 3.63) is 120 Å². The number of hydrogen-bond donors (Lipinski definition) is 2. The van der Waals surface area contributed by atoms with Gasteiger partial charge < -0.3 is 15.1 Å². The highest BCUT2D eigenvalue weighted by molar-refractivity contribution is 6.06. The highest BCUT2D eigenvalue weighted by atomic mass is 19.1. The Morgan fingerprint density at radius 2 is 1.76 bits per heavy atom. The Kier molecular flexibility index (Phi) is 7.84. The highest BCUT2D eigenvalue weighted by Crippen LogP contribution is 2.35. The number of aromatic nitrogens is 4. The van der Waals surface area contributed by atoms with Gasteiger partial charge in [0.1, 0.15) is 17.0 Å². The van der Waals surface area contributed by atoms with E-state index in [4.69, 9.17) is 4.42 Å². The number of aryl methyl sites for hydroxylation is 1. The summed E-state index contributed by atoms with van der Waals surface area (Å²) in [5, 5.41) is 14.8. The molecule has 230 valence electrons. The van der Waals surface area contributed by atoms with E-state index < -0.39 is 0 Å². The van der Waals surface area contributed by atoms with Gasteiger partial charge in [0.2, 0.25) is 11.8 Å². The molecule has 0 spiro atoms. The van der Waals surface area contributed by atoms with E-state index in [0.29, 0.717) is 46.8 Å². The third kappa shape index (κ3) is 6.14. The molecule has 1 aliphatic carbocycles. The number of fused-ring (bicyclic) bond motifs is 1. The first-order valence-corrected chi connectivity index (χ1v) is 15.2. The molecule has 2 atom stereocenters. The molecule has 4 aromatic carbocycles. The summed E-state index contributed by atoms with van der Waals surface area (Å²) in [7, 11) is 0. The molecule has 6 aromatic rings. The minimum absolute atomic E-state index is 0.00249. The lowest BCUT2D eigenvalue weighted by atomic mass is 10.0. The van der Waals surface area contributed by atoms with Crippen molar-refractivity contribution in [2.45, 2.75) is 38.8 Å². The van der Waals surface area contributed by atoms with Gasteiger partial charge in [0.25, 0.3) is 5.91 Å². The quantitative estimate of drug-likeness (QED) is 0.189. The normalized spacial score (nSPS) is 16.0. The maximum absolute atomic E-state index is 13.3.